The predicted octanol–water partition coefficient (Wildman–Crippen LogP) is -0.520. The van der Waals surface area contributed by atoms with Gasteiger partial charge in [-0.2, -0.15) is 0 Å². The van der Waals surface area contributed by atoms with Crippen molar-refractivity contribution < 1.29 is 19.1 Å². The van der Waals surface area contributed by atoms with Crippen molar-refractivity contribution in [2.75, 3.05) is 20.2 Å². The lowest BCUT2D eigenvalue weighted by Gasteiger charge is -2.27. The molecule has 1 heterocycles. The van der Waals surface area contributed by atoms with E-state index in [1.165, 1.54) is 6.08 Å². The number of hydrogen-bond donors (Lipinski definition) is 2. The minimum atomic E-state index is -0.770. The van der Waals surface area contributed by atoms with Crippen LogP contribution in [0.3, 0.4) is 0 Å². The molecule has 0 radical (unpaired) electrons. The summed E-state index contributed by atoms with van der Waals surface area (Å²) >= 11 is 0. The molecule has 1 saturated heterocycles. The van der Waals surface area contributed by atoms with Crippen LogP contribution in [0.25, 0.3) is 6.08 Å². The molecule has 0 spiro atoms. The first kappa shape index (κ1) is 14.6. The summed E-state index contributed by atoms with van der Waals surface area (Å²) in [6.07, 6.45) is 1.47. The summed E-state index contributed by atoms with van der Waals surface area (Å²) in [6.45, 7) is -0.365. The Morgan fingerprint density at radius 1 is 1.33 bits per heavy atom. The summed E-state index contributed by atoms with van der Waals surface area (Å²) in [5.74, 6) is -0.820. The summed E-state index contributed by atoms with van der Waals surface area (Å²) in [4.78, 5) is 35.9. The van der Waals surface area contributed by atoms with Crippen molar-refractivity contribution in [2.24, 2.45) is 5.73 Å². The molecule has 0 bridgehead atoms. The Morgan fingerprint density at radius 3 is 2.57 bits per heavy atom. The molecule has 3 amide bonds. The summed E-state index contributed by atoms with van der Waals surface area (Å²) in [5.41, 5.74) is 5.98. The van der Waals surface area contributed by atoms with Gasteiger partial charge in [0.2, 0.25) is 11.8 Å². The number of amides is 3. The molecule has 0 atom stereocenters. The number of nitrogens with two attached hydrogens (primary N) is 1. The van der Waals surface area contributed by atoms with Crippen LogP contribution in [0.5, 0.6) is 5.75 Å². The number of primary amides is 1. The van der Waals surface area contributed by atoms with Crippen LogP contribution in [0.2, 0.25) is 0 Å². The second kappa shape index (κ2) is 6.08. The monoisotopic (exact) mass is 289 g/mol. The fourth-order valence-electron chi connectivity index (χ4n) is 1.92. The van der Waals surface area contributed by atoms with Gasteiger partial charge in [0.25, 0.3) is 5.91 Å². The minimum Gasteiger partial charge on any atom is -0.497 e. The number of methoxy groups -OCH3 is 1. The van der Waals surface area contributed by atoms with Crippen molar-refractivity contribution in [2.45, 2.75) is 0 Å². The molecule has 1 aromatic carbocycles. The smallest absolute Gasteiger partial charge is 0.265 e. The number of carbonyl (C=O) groups is 3. The molecule has 1 aliphatic rings. The number of nitrogens with one attached hydrogen (secondary N) is 1. The zero-order chi connectivity index (χ0) is 15.4. The fourth-order valence-corrected chi connectivity index (χ4v) is 1.92. The average molecular weight is 289 g/mol. The normalized spacial score (nSPS) is 15.7. The van der Waals surface area contributed by atoms with Crippen LogP contribution in [0.1, 0.15) is 5.56 Å². The van der Waals surface area contributed by atoms with Crippen LogP contribution in [0.15, 0.2) is 30.0 Å². The fraction of sp³-hybridized carbons (Fsp3) is 0.214. The molecule has 3 N–H and O–H groups in total. The molecule has 7 nitrogen and oxygen atoms in total. The summed E-state index contributed by atoms with van der Waals surface area (Å²) in [5, 5.41) is 2.41. The number of carbonyl (C=O) groups excluding carboxylic acids is 3. The van der Waals surface area contributed by atoms with E-state index < -0.39 is 5.91 Å². The highest BCUT2D eigenvalue weighted by Crippen LogP contribution is 2.16. The van der Waals surface area contributed by atoms with E-state index in [9.17, 15) is 14.4 Å². The highest BCUT2D eigenvalue weighted by atomic mass is 16.5. The zero-order valence-electron chi connectivity index (χ0n) is 11.5. The molecule has 1 aromatic rings. The van der Waals surface area contributed by atoms with E-state index in [1.807, 2.05) is 0 Å². The Hall–Kier alpha value is -2.83. The summed E-state index contributed by atoms with van der Waals surface area (Å²) < 4.78 is 5.04. The largest absolute Gasteiger partial charge is 0.497 e. The first-order chi connectivity index (χ1) is 10.0. The van der Waals surface area contributed by atoms with Crippen molar-refractivity contribution in [3.63, 3.8) is 0 Å². The third-order valence-electron chi connectivity index (χ3n) is 3.00. The van der Waals surface area contributed by atoms with Gasteiger partial charge in [0.15, 0.2) is 0 Å². The zero-order valence-corrected chi connectivity index (χ0v) is 11.5. The molecule has 0 unspecified atom stereocenters. The Bertz CT molecular complexity index is 607. The molecule has 0 aliphatic carbocycles. The van der Waals surface area contributed by atoms with Crippen LogP contribution in [0.4, 0.5) is 0 Å². The molecule has 1 fully saturated rings. The number of ether oxygens (including phenoxy) is 1. The SMILES string of the molecule is COc1ccc(C=C(C(N)=O)N2CC(=O)NCC2=O)cc1. The molecule has 110 valence electrons. The van der Waals surface area contributed by atoms with Crippen molar-refractivity contribution in [3.8, 4) is 5.75 Å². The van der Waals surface area contributed by atoms with Gasteiger partial charge in [-0.15, -0.1) is 0 Å². The van der Waals surface area contributed by atoms with Crippen molar-refractivity contribution in [1.29, 1.82) is 0 Å². The van der Waals surface area contributed by atoms with Crippen LogP contribution in [0, 0.1) is 0 Å². The van der Waals surface area contributed by atoms with Gasteiger partial charge in [0.1, 0.15) is 18.0 Å². The molecule has 0 aromatic heterocycles. The number of piperazine rings is 1. The highest BCUT2D eigenvalue weighted by Gasteiger charge is 2.28. The highest BCUT2D eigenvalue weighted by molar-refractivity contribution is 6.03. The topological polar surface area (TPSA) is 102 Å². The second-order valence-corrected chi connectivity index (χ2v) is 4.42. The molecule has 2 rings (SSSR count). The molecule has 7 heteroatoms. The Balaban J connectivity index is 2.32. The van der Waals surface area contributed by atoms with Gasteiger partial charge in [-0.05, 0) is 23.8 Å². The van der Waals surface area contributed by atoms with E-state index in [2.05, 4.69) is 5.32 Å². The van der Waals surface area contributed by atoms with E-state index in [0.29, 0.717) is 11.3 Å². The van der Waals surface area contributed by atoms with E-state index >= 15 is 0 Å². The number of nitrogens with zero attached hydrogens (tertiary/aromatic N) is 1. The maximum atomic E-state index is 11.8. The van der Waals surface area contributed by atoms with Crippen LogP contribution in [-0.4, -0.2) is 42.8 Å². The minimum absolute atomic E-state index is 0.0139. The van der Waals surface area contributed by atoms with Gasteiger partial charge in [0.05, 0.1) is 13.7 Å². The Kier molecular flexibility index (Phi) is 4.22. The number of rotatable bonds is 4. The molecule has 1 aliphatic heterocycles. The quantitative estimate of drug-likeness (QED) is 0.728. The van der Waals surface area contributed by atoms with E-state index in [0.717, 1.165) is 4.90 Å². The Morgan fingerprint density at radius 2 is 2.00 bits per heavy atom. The van der Waals surface area contributed by atoms with Gasteiger partial charge < -0.3 is 15.8 Å². The maximum Gasteiger partial charge on any atom is 0.265 e. The first-order valence-electron chi connectivity index (χ1n) is 6.24. The van der Waals surface area contributed by atoms with Crippen molar-refractivity contribution in [3.05, 3.63) is 35.5 Å². The number of benzene rings is 1. The van der Waals surface area contributed by atoms with Crippen molar-refractivity contribution in [1.82, 2.24) is 10.2 Å². The Labute approximate surface area is 121 Å². The molecule has 0 saturated carbocycles. The third-order valence-corrected chi connectivity index (χ3v) is 3.00. The van der Waals surface area contributed by atoms with Gasteiger partial charge in [-0.3, -0.25) is 19.3 Å². The lowest BCUT2D eigenvalue weighted by Crippen LogP contribution is -2.52. The average Bonchev–Trinajstić information content (AvgIpc) is 2.48. The van der Waals surface area contributed by atoms with Crippen molar-refractivity contribution >= 4 is 23.8 Å². The van der Waals surface area contributed by atoms with E-state index in [4.69, 9.17) is 10.5 Å². The standard InChI is InChI=1S/C14H15N3O4/c1-21-10-4-2-9(3-5-10)6-11(14(15)20)17-8-12(18)16-7-13(17)19/h2-6H,7-8H2,1H3,(H2,15,20)(H,16,18). The van der Waals surface area contributed by atoms with Crippen LogP contribution < -0.4 is 15.8 Å². The summed E-state index contributed by atoms with van der Waals surface area (Å²) in [6, 6.07) is 6.87. The predicted molar refractivity (Wildman–Crippen MR) is 74.9 cm³/mol. The van der Waals surface area contributed by atoms with E-state index in [1.54, 1.807) is 31.4 Å². The molecular weight excluding hydrogens is 274 g/mol. The van der Waals surface area contributed by atoms with Gasteiger partial charge in [0, 0.05) is 0 Å². The van der Waals surface area contributed by atoms with E-state index in [-0.39, 0.29) is 30.6 Å². The lowest BCUT2D eigenvalue weighted by molar-refractivity contribution is -0.139. The first-order valence-corrected chi connectivity index (χ1v) is 6.24. The van der Waals surface area contributed by atoms with Crippen LogP contribution in [-0.2, 0) is 14.4 Å². The van der Waals surface area contributed by atoms with Gasteiger partial charge in [-0.1, -0.05) is 12.1 Å². The second-order valence-electron chi connectivity index (χ2n) is 4.42. The lowest BCUT2D eigenvalue weighted by atomic mass is 10.1. The van der Waals surface area contributed by atoms with Crippen LogP contribution >= 0.6 is 0 Å². The summed E-state index contributed by atoms with van der Waals surface area (Å²) in [7, 11) is 1.55. The third kappa shape index (κ3) is 3.38. The van der Waals surface area contributed by atoms with Gasteiger partial charge in [-0.25, -0.2) is 0 Å². The molecular formula is C14H15N3O4. The maximum absolute atomic E-state index is 11.8. The molecule has 21 heavy (non-hydrogen) atoms. The van der Waals surface area contributed by atoms with Gasteiger partial charge >= 0.3 is 0 Å². The number of hydrogen-bond acceptors (Lipinski definition) is 4.